The summed E-state index contributed by atoms with van der Waals surface area (Å²) in [6, 6.07) is 32.2. The van der Waals surface area contributed by atoms with E-state index in [1.165, 1.54) is 24.3 Å². The summed E-state index contributed by atoms with van der Waals surface area (Å²) in [5.74, 6) is 0.592. The molecule has 0 atom stereocenters. The summed E-state index contributed by atoms with van der Waals surface area (Å²) >= 11 is 0. The smallest absolute Gasteiger partial charge is 0.164 e. The maximum atomic E-state index is 13.5. The van der Waals surface area contributed by atoms with E-state index < -0.39 is 0 Å². The van der Waals surface area contributed by atoms with Crippen LogP contribution in [0.25, 0.3) is 56.4 Å². The highest BCUT2D eigenvalue weighted by atomic mass is 19.1. The molecular weight excluding hydrogens is 478 g/mol. The summed E-state index contributed by atoms with van der Waals surface area (Å²) in [7, 11) is 0. The molecule has 0 spiro atoms. The van der Waals surface area contributed by atoms with Gasteiger partial charge in [-0.3, -0.25) is 4.98 Å². The highest BCUT2D eigenvalue weighted by molar-refractivity contribution is 5.74. The van der Waals surface area contributed by atoms with Crippen LogP contribution in [-0.4, -0.2) is 19.9 Å². The molecule has 0 aliphatic carbocycles. The Bertz CT molecular complexity index is 1640. The molecule has 2 aromatic heterocycles. The molecule has 6 rings (SSSR count). The molecule has 2 heterocycles. The molecule has 0 bridgehead atoms. The van der Waals surface area contributed by atoms with Crippen molar-refractivity contribution in [3.05, 3.63) is 133 Å². The Morgan fingerprint density at radius 2 is 0.816 bits per heavy atom. The van der Waals surface area contributed by atoms with Gasteiger partial charge in [0.25, 0.3) is 0 Å². The third-order valence-corrected chi connectivity index (χ3v) is 6.17. The van der Waals surface area contributed by atoms with Crippen LogP contribution in [0.3, 0.4) is 0 Å². The second-order valence-electron chi connectivity index (χ2n) is 8.72. The zero-order valence-electron chi connectivity index (χ0n) is 20.1. The summed E-state index contributed by atoms with van der Waals surface area (Å²) in [5, 5.41) is 0. The predicted octanol–water partition coefficient (Wildman–Crippen LogP) is 7.88. The Kier molecular flexibility index (Phi) is 6.20. The van der Waals surface area contributed by atoms with Crippen LogP contribution in [0.15, 0.2) is 122 Å². The lowest BCUT2D eigenvalue weighted by molar-refractivity contribution is 0.627. The Balaban J connectivity index is 1.39. The SMILES string of the molecule is Fc1ccc(-c2nc(-c3ccc(F)cc3)nc(-c3ccc(-c4cccc(-c5cccnc5)c4)cc3)n2)cc1. The molecule has 38 heavy (non-hydrogen) atoms. The van der Waals surface area contributed by atoms with Gasteiger partial charge in [0.1, 0.15) is 11.6 Å². The molecule has 6 aromatic rings. The zero-order chi connectivity index (χ0) is 25.9. The van der Waals surface area contributed by atoms with E-state index in [2.05, 4.69) is 38.1 Å². The lowest BCUT2D eigenvalue weighted by atomic mass is 9.99. The van der Waals surface area contributed by atoms with E-state index in [1.807, 2.05) is 48.7 Å². The average molecular weight is 499 g/mol. The Labute approximate surface area is 218 Å². The van der Waals surface area contributed by atoms with Gasteiger partial charge in [-0.15, -0.1) is 0 Å². The van der Waals surface area contributed by atoms with Gasteiger partial charge in [0.05, 0.1) is 0 Å². The van der Waals surface area contributed by atoms with Gasteiger partial charge in [-0.1, -0.05) is 48.5 Å². The number of nitrogens with zero attached hydrogens (tertiary/aromatic N) is 4. The first-order chi connectivity index (χ1) is 18.6. The number of rotatable bonds is 5. The first-order valence-corrected chi connectivity index (χ1v) is 12.0. The largest absolute Gasteiger partial charge is 0.264 e. The molecule has 0 saturated heterocycles. The van der Waals surface area contributed by atoms with Gasteiger partial charge in [-0.2, -0.15) is 0 Å². The highest BCUT2D eigenvalue weighted by Gasteiger charge is 2.13. The van der Waals surface area contributed by atoms with Crippen LogP contribution in [0.4, 0.5) is 8.78 Å². The highest BCUT2D eigenvalue weighted by Crippen LogP contribution is 2.29. The van der Waals surface area contributed by atoms with Crippen molar-refractivity contribution in [3.63, 3.8) is 0 Å². The number of aromatic nitrogens is 4. The maximum absolute atomic E-state index is 13.5. The molecule has 0 radical (unpaired) electrons. The molecule has 4 aromatic carbocycles. The molecule has 0 unspecified atom stereocenters. The van der Waals surface area contributed by atoms with Crippen molar-refractivity contribution in [2.24, 2.45) is 0 Å². The van der Waals surface area contributed by atoms with Crippen molar-refractivity contribution < 1.29 is 8.78 Å². The number of halogens is 2. The van der Waals surface area contributed by atoms with Gasteiger partial charge in [-0.05, 0) is 77.4 Å². The average Bonchev–Trinajstić information content (AvgIpc) is 2.98. The second kappa shape index (κ2) is 10.1. The monoisotopic (exact) mass is 498 g/mol. The summed E-state index contributed by atoms with van der Waals surface area (Å²) < 4.78 is 27.1. The Morgan fingerprint density at radius 3 is 1.29 bits per heavy atom. The molecule has 0 saturated carbocycles. The van der Waals surface area contributed by atoms with Crippen molar-refractivity contribution in [1.29, 1.82) is 0 Å². The van der Waals surface area contributed by atoms with Crippen LogP contribution in [-0.2, 0) is 0 Å². The van der Waals surface area contributed by atoms with Crippen molar-refractivity contribution in [3.8, 4) is 56.4 Å². The molecule has 0 fully saturated rings. The van der Waals surface area contributed by atoms with Crippen molar-refractivity contribution >= 4 is 0 Å². The van der Waals surface area contributed by atoms with Gasteiger partial charge in [0, 0.05) is 34.6 Å². The molecular formula is C32H20F2N4. The topological polar surface area (TPSA) is 51.6 Å². The van der Waals surface area contributed by atoms with E-state index in [-0.39, 0.29) is 11.6 Å². The molecule has 182 valence electrons. The third kappa shape index (κ3) is 4.92. The summed E-state index contributed by atoms with van der Waals surface area (Å²) in [5.41, 5.74) is 6.37. The first-order valence-electron chi connectivity index (χ1n) is 12.0. The molecule has 0 amide bonds. The van der Waals surface area contributed by atoms with Crippen LogP contribution in [0.5, 0.6) is 0 Å². The van der Waals surface area contributed by atoms with Crippen LogP contribution in [0, 0.1) is 11.6 Å². The first kappa shape index (κ1) is 23.3. The van der Waals surface area contributed by atoms with E-state index >= 15 is 0 Å². The van der Waals surface area contributed by atoms with Gasteiger partial charge in [0.15, 0.2) is 17.5 Å². The fourth-order valence-electron chi connectivity index (χ4n) is 4.18. The molecule has 0 aliphatic heterocycles. The van der Waals surface area contributed by atoms with Gasteiger partial charge < -0.3 is 0 Å². The minimum atomic E-state index is -0.343. The fraction of sp³-hybridized carbons (Fsp3) is 0. The number of hydrogen-bond acceptors (Lipinski definition) is 4. The second-order valence-corrected chi connectivity index (χ2v) is 8.72. The van der Waals surface area contributed by atoms with E-state index in [0.29, 0.717) is 28.6 Å². The van der Waals surface area contributed by atoms with E-state index in [9.17, 15) is 8.78 Å². The van der Waals surface area contributed by atoms with Gasteiger partial charge in [-0.25, -0.2) is 23.7 Å². The molecule has 0 N–H and O–H groups in total. The van der Waals surface area contributed by atoms with Crippen molar-refractivity contribution in [2.45, 2.75) is 0 Å². The summed E-state index contributed by atoms with van der Waals surface area (Å²) in [4.78, 5) is 18.2. The third-order valence-electron chi connectivity index (χ3n) is 6.17. The fourth-order valence-corrected chi connectivity index (χ4v) is 4.18. The summed E-state index contributed by atoms with van der Waals surface area (Å²) in [6.07, 6.45) is 3.61. The summed E-state index contributed by atoms with van der Waals surface area (Å²) in [6.45, 7) is 0. The van der Waals surface area contributed by atoms with Crippen LogP contribution < -0.4 is 0 Å². The van der Waals surface area contributed by atoms with Gasteiger partial charge >= 0.3 is 0 Å². The minimum Gasteiger partial charge on any atom is -0.264 e. The Hall–Kier alpha value is -5.10. The molecule has 0 aliphatic rings. The predicted molar refractivity (Wildman–Crippen MR) is 145 cm³/mol. The quantitative estimate of drug-likeness (QED) is 0.243. The Morgan fingerprint density at radius 1 is 0.395 bits per heavy atom. The van der Waals surface area contributed by atoms with E-state index in [0.717, 1.165) is 27.8 Å². The molecule has 4 nitrogen and oxygen atoms in total. The lowest BCUT2D eigenvalue weighted by Gasteiger charge is -2.10. The minimum absolute atomic E-state index is 0.343. The number of hydrogen-bond donors (Lipinski definition) is 0. The number of benzene rings is 4. The lowest BCUT2D eigenvalue weighted by Crippen LogP contribution is -2.00. The van der Waals surface area contributed by atoms with Crippen LogP contribution >= 0.6 is 0 Å². The molecule has 6 heteroatoms. The van der Waals surface area contributed by atoms with Crippen LogP contribution in [0.2, 0.25) is 0 Å². The number of pyridine rings is 1. The van der Waals surface area contributed by atoms with Gasteiger partial charge in [0.2, 0.25) is 0 Å². The standard InChI is InChI=1S/C32H20F2N4/c33-28-14-10-23(11-15-28)31-36-30(37-32(38-31)24-12-16-29(34)17-13-24)22-8-6-21(7-9-22)25-3-1-4-26(19-25)27-5-2-18-35-20-27/h1-20H. The van der Waals surface area contributed by atoms with E-state index in [4.69, 9.17) is 0 Å². The maximum Gasteiger partial charge on any atom is 0.164 e. The zero-order valence-corrected chi connectivity index (χ0v) is 20.1. The van der Waals surface area contributed by atoms with Crippen LogP contribution in [0.1, 0.15) is 0 Å². The normalized spacial score (nSPS) is 10.9. The van der Waals surface area contributed by atoms with Crippen molar-refractivity contribution in [2.75, 3.05) is 0 Å². The van der Waals surface area contributed by atoms with Crippen molar-refractivity contribution in [1.82, 2.24) is 19.9 Å². The van der Waals surface area contributed by atoms with E-state index in [1.54, 1.807) is 30.5 Å².